The van der Waals surface area contributed by atoms with E-state index in [1.54, 1.807) is 0 Å². The molecule has 0 radical (unpaired) electrons. The molecule has 4 heteroatoms. The van der Waals surface area contributed by atoms with E-state index in [1.807, 2.05) is 32.0 Å². The van der Waals surface area contributed by atoms with Gasteiger partial charge in [-0.2, -0.15) is 5.26 Å². The Morgan fingerprint density at radius 1 is 1.19 bits per heavy atom. The topological polar surface area (TPSA) is 54.3 Å². The third-order valence-electron chi connectivity index (χ3n) is 3.99. The highest BCUT2D eigenvalue weighted by atomic mass is 16.7. The van der Waals surface area contributed by atoms with Crippen molar-refractivity contribution in [2.24, 2.45) is 5.41 Å². The largest absolute Gasteiger partial charge is 0.352 e. The normalized spacial score (nSPS) is 17.4. The monoisotopic (exact) mass is 288 g/mol. The highest BCUT2D eigenvalue weighted by molar-refractivity contribution is 5.17. The van der Waals surface area contributed by atoms with E-state index in [0.717, 1.165) is 12.8 Å². The summed E-state index contributed by atoms with van der Waals surface area (Å²) in [5, 5.41) is 12.9. The average Bonchev–Trinajstić information content (AvgIpc) is 3.30. The molecule has 1 atom stereocenters. The van der Waals surface area contributed by atoms with Gasteiger partial charge in [-0.05, 0) is 32.3 Å². The summed E-state index contributed by atoms with van der Waals surface area (Å²) in [5.41, 5.74) is 0.980. The zero-order chi connectivity index (χ0) is 15.1. The fraction of sp³-hybridized carbons (Fsp3) is 0.588. The molecule has 1 aliphatic rings. The van der Waals surface area contributed by atoms with Crippen LogP contribution in [0.4, 0.5) is 0 Å². The predicted octanol–water partition coefficient (Wildman–Crippen LogP) is 2.85. The molecule has 4 nitrogen and oxygen atoms in total. The van der Waals surface area contributed by atoms with Gasteiger partial charge in [0.15, 0.2) is 6.29 Å². The van der Waals surface area contributed by atoms with Crippen molar-refractivity contribution in [3.8, 4) is 6.07 Å². The van der Waals surface area contributed by atoms with E-state index in [2.05, 4.69) is 23.5 Å². The van der Waals surface area contributed by atoms with Gasteiger partial charge in [0.2, 0.25) is 0 Å². The van der Waals surface area contributed by atoms with Gasteiger partial charge < -0.3 is 9.47 Å². The molecule has 0 heterocycles. The number of hydrogen-bond acceptors (Lipinski definition) is 4. The molecule has 1 N–H and O–H groups in total. The first-order valence-electron chi connectivity index (χ1n) is 7.67. The van der Waals surface area contributed by atoms with Gasteiger partial charge in [0.25, 0.3) is 0 Å². The van der Waals surface area contributed by atoms with Gasteiger partial charge in [0.05, 0.1) is 11.5 Å². The van der Waals surface area contributed by atoms with E-state index in [4.69, 9.17) is 9.47 Å². The van der Waals surface area contributed by atoms with Crippen molar-refractivity contribution in [1.29, 1.82) is 5.26 Å². The molecule has 1 aromatic carbocycles. The quantitative estimate of drug-likeness (QED) is 0.710. The van der Waals surface area contributed by atoms with Crippen LogP contribution in [0.2, 0.25) is 0 Å². The lowest BCUT2D eigenvalue weighted by Crippen LogP contribution is -2.44. The van der Waals surface area contributed by atoms with Gasteiger partial charge in [0.1, 0.15) is 6.04 Å². The second kappa shape index (κ2) is 7.56. The van der Waals surface area contributed by atoms with Gasteiger partial charge in [-0.1, -0.05) is 30.3 Å². The minimum atomic E-state index is -0.291. The first-order valence-corrected chi connectivity index (χ1v) is 7.67. The van der Waals surface area contributed by atoms with E-state index in [0.29, 0.717) is 19.8 Å². The summed E-state index contributed by atoms with van der Waals surface area (Å²) in [6.07, 6.45) is 1.65. The van der Waals surface area contributed by atoms with E-state index >= 15 is 0 Å². The van der Waals surface area contributed by atoms with Crippen LogP contribution in [0.15, 0.2) is 30.3 Å². The Kier molecular flexibility index (Phi) is 5.75. The number of hydrogen-bond donors (Lipinski definition) is 1. The smallest absolute Gasteiger partial charge is 0.165 e. The second-order valence-corrected chi connectivity index (χ2v) is 5.40. The molecular formula is C17H24N2O2. The van der Waals surface area contributed by atoms with Gasteiger partial charge in [-0.15, -0.1) is 0 Å². The van der Waals surface area contributed by atoms with Crippen LogP contribution >= 0.6 is 0 Å². The van der Waals surface area contributed by atoms with Crippen molar-refractivity contribution in [3.05, 3.63) is 35.9 Å². The average molecular weight is 288 g/mol. The third-order valence-corrected chi connectivity index (χ3v) is 3.99. The van der Waals surface area contributed by atoms with Crippen molar-refractivity contribution >= 4 is 0 Å². The fourth-order valence-corrected chi connectivity index (χ4v) is 2.68. The molecule has 1 fully saturated rings. The summed E-state index contributed by atoms with van der Waals surface area (Å²) < 4.78 is 11.5. The summed E-state index contributed by atoms with van der Waals surface area (Å²) in [7, 11) is 0. The summed E-state index contributed by atoms with van der Waals surface area (Å²) in [6.45, 7) is 5.81. The van der Waals surface area contributed by atoms with E-state index in [-0.39, 0.29) is 17.7 Å². The summed E-state index contributed by atoms with van der Waals surface area (Å²) in [5.74, 6) is 0. The Morgan fingerprint density at radius 3 is 2.29 bits per heavy atom. The van der Waals surface area contributed by atoms with Crippen molar-refractivity contribution in [2.45, 2.75) is 45.6 Å². The molecule has 0 aliphatic heterocycles. The molecule has 21 heavy (non-hydrogen) atoms. The van der Waals surface area contributed by atoms with Crippen molar-refractivity contribution in [3.63, 3.8) is 0 Å². The molecule has 0 bridgehead atoms. The zero-order valence-corrected chi connectivity index (χ0v) is 12.8. The van der Waals surface area contributed by atoms with Crippen LogP contribution < -0.4 is 5.32 Å². The molecule has 1 aliphatic carbocycles. The summed E-state index contributed by atoms with van der Waals surface area (Å²) in [6, 6.07) is 12.3. The van der Waals surface area contributed by atoms with Crippen molar-refractivity contribution < 1.29 is 9.47 Å². The van der Waals surface area contributed by atoms with Crippen LogP contribution in [0.25, 0.3) is 0 Å². The lowest BCUT2D eigenvalue weighted by atomic mass is 9.96. The summed E-state index contributed by atoms with van der Waals surface area (Å²) >= 11 is 0. The summed E-state index contributed by atoms with van der Waals surface area (Å²) in [4.78, 5) is 0. The number of nitriles is 1. The number of nitrogens with zero attached hydrogens (tertiary/aromatic N) is 1. The zero-order valence-electron chi connectivity index (χ0n) is 12.8. The third kappa shape index (κ3) is 3.82. The van der Waals surface area contributed by atoms with Gasteiger partial charge >= 0.3 is 0 Å². The molecule has 2 rings (SSSR count). The number of rotatable bonds is 9. The van der Waals surface area contributed by atoms with Crippen molar-refractivity contribution in [2.75, 3.05) is 13.2 Å². The first-order chi connectivity index (χ1) is 10.3. The number of nitrogens with one attached hydrogen (secondary N) is 1. The molecule has 1 aromatic rings. The maximum absolute atomic E-state index is 9.54. The van der Waals surface area contributed by atoms with Crippen LogP contribution in [0.5, 0.6) is 0 Å². The van der Waals surface area contributed by atoms with Crippen LogP contribution in [0.1, 0.15) is 32.3 Å². The number of ether oxygens (including phenoxy) is 2. The molecule has 1 saturated carbocycles. The highest BCUT2D eigenvalue weighted by Crippen LogP contribution is 2.53. The predicted molar refractivity (Wildman–Crippen MR) is 81.4 cm³/mol. The Morgan fingerprint density at radius 2 is 1.81 bits per heavy atom. The Bertz CT molecular complexity index is 459. The van der Waals surface area contributed by atoms with Crippen LogP contribution in [-0.4, -0.2) is 25.5 Å². The number of benzene rings is 1. The molecule has 0 amide bonds. The first kappa shape index (κ1) is 16.0. The van der Waals surface area contributed by atoms with E-state index < -0.39 is 0 Å². The standard InChI is InChI=1S/C17H24N2O2/c1-3-20-16(21-4-2)17(10-11-17)15(12-18)19-13-14-8-6-5-7-9-14/h5-9,15-16,19H,3-4,10-11,13H2,1-2H3. The minimum absolute atomic E-state index is 0.199. The Hall–Kier alpha value is -1.41. The van der Waals surface area contributed by atoms with Crippen LogP contribution in [0.3, 0.4) is 0 Å². The molecule has 0 spiro atoms. The second-order valence-electron chi connectivity index (χ2n) is 5.40. The highest BCUT2D eigenvalue weighted by Gasteiger charge is 2.56. The molecule has 0 aromatic heterocycles. The van der Waals surface area contributed by atoms with Crippen LogP contribution in [-0.2, 0) is 16.0 Å². The molecule has 0 saturated heterocycles. The van der Waals surface area contributed by atoms with Crippen LogP contribution in [0, 0.1) is 16.7 Å². The van der Waals surface area contributed by atoms with Gasteiger partial charge in [0, 0.05) is 19.8 Å². The lowest BCUT2D eigenvalue weighted by molar-refractivity contribution is -0.179. The maximum atomic E-state index is 9.54. The van der Waals surface area contributed by atoms with Crippen molar-refractivity contribution in [1.82, 2.24) is 5.32 Å². The molecule has 114 valence electrons. The van der Waals surface area contributed by atoms with Gasteiger partial charge in [-0.3, -0.25) is 5.32 Å². The lowest BCUT2D eigenvalue weighted by Gasteiger charge is -2.30. The van der Waals surface area contributed by atoms with E-state index in [9.17, 15) is 5.26 Å². The Balaban J connectivity index is 2.00. The SMILES string of the molecule is CCOC(OCC)C1(C(C#N)NCc2ccccc2)CC1. The fourth-order valence-electron chi connectivity index (χ4n) is 2.68. The van der Waals surface area contributed by atoms with E-state index in [1.165, 1.54) is 5.56 Å². The maximum Gasteiger partial charge on any atom is 0.165 e. The molecular weight excluding hydrogens is 264 g/mol. The minimum Gasteiger partial charge on any atom is -0.352 e. The molecule has 1 unspecified atom stereocenters. The Labute approximate surface area is 127 Å². The van der Waals surface area contributed by atoms with Gasteiger partial charge in [-0.25, -0.2) is 0 Å².